The first-order valence-electron chi connectivity index (χ1n) is 9.13. The average Bonchev–Trinajstić information content (AvgIpc) is 2.78. The molecule has 0 radical (unpaired) electrons. The molecule has 0 aliphatic rings. The van der Waals surface area contributed by atoms with Crippen molar-refractivity contribution in [1.82, 2.24) is 15.3 Å². The molecule has 2 amide bonds. The highest BCUT2D eigenvalue weighted by Gasteiger charge is 2.11. The van der Waals surface area contributed by atoms with Gasteiger partial charge in [0.15, 0.2) is 0 Å². The van der Waals surface area contributed by atoms with Gasteiger partial charge in [0.25, 0.3) is 11.8 Å². The van der Waals surface area contributed by atoms with E-state index in [0.29, 0.717) is 23.4 Å². The summed E-state index contributed by atoms with van der Waals surface area (Å²) in [6.07, 6.45) is 5.05. The fraction of sp³-hybridized carbons (Fsp3) is 0.0435. The molecular formula is C23H18N4O2. The molecule has 6 heteroatoms. The van der Waals surface area contributed by atoms with E-state index in [1.54, 1.807) is 42.9 Å². The normalized spacial score (nSPS) is 10.5. The summed E-state index contributed by atoms with van der Waals surface area (Å²) in [4.78, 5) is 33.2. The lowest BCUT2D eigenvalue weighted by atomic mass is 10.1. The fourth-order valence-corrected chi connectivity index (χ4v) is 2.96. The molecule has 2 aromatic heterocycles. The number of anilines is 1. The number of rotatable bonds is 5. The van der Waals surface area contributed by atoms with Crippen molar-refractivity contribution >= 4 is 28.4 Å². The number of carbonyl (C=O) groups excluding carboxylic acids is 2. The van der Waals surface area contributed by atoms with Crippen molar-refractivity contribution in [3.05, 3.63) is 102 Å². The number of fused-ring (bicyclic) bond motifs is 1. The summed E-state index contributed by atoms with van der Waals surface area (Å²) in [5.41, 5.74) is 3.29. The largest absolute Gasteiger partial charge is 0.348 e. The molecule has 0 saturated carbocycles. The van der Waals surface area contributed by atoms with E-state index in [9.17, 15) is 9.59 Å². The minimum atomic E-state index is -0.258. The average molecular weight is 382 g/mol. The SMILES string of the molecule is O=C(NCc1ccncc1)c1ccc(C(=O)Nc2cccc3cccnc23)cc1. The molecule has 2 heterocycles. The second-order valence-corrected chi connectivity index (χ2v) is 6.45. The number of aromatic nitrogens is 2. The number of nitrogens with zero attached hydrogens (tertiary/aromatic N) is 2. The summed E-state index contributed by atoms with van der Waals surface area (Å²) in [6, 6.07) is 19.7. The second-order valence-electron chi connectivity index (χ2n) is 6.45. The number of para-hydroxylation sites is 1. The molecular weight excluding hydrogens is 364 g/mol. The Morgan fingerprint density at radius 3 is 2.21 bits per heavy atom. The van der Waals surface area contributed by atoms with Gasteiger partial charge in [-0.05, 0) is 54.1 Å². The van der Waals surface area contributed by atoms with Crippen molar-refractivity contribution < 1.29 is 9.59 Å². The van der Waals surface area contributed by atoms with E-state index in [2.05, 4.69) is 20.6 Å². The lowest BCUT2D eigenvalue weighted by molar-refractivity contribution is 0.0949. The molecule has 0 aliphatic heterocycles. The topological polar surface area (TPSA) is 84.0 Å². The third kappa shape index (κ3) is 4.27. The van der Waals surface area contributed by atoms with E-state index < -0.39 is 0 Å². The van der Waals surface area contributed by atoms with E-state index in [0.717, 1.165) is 16.5 Å². The maximum Gasteiger partial charge on any atom is 0.255 e. The van der Waals surface area contributed by atoms with Gasteiger partial charge in [0.05, 0.1) is 11.2 Å². The molecule has 2 N–H and O–H groups in total. The zero-order valence-corrected chi connectivity index (χ0v) is 15.5. The number of hydrogen-bond donors (Lipinski definition) is 2. The first kappa shape index (κ1) is 18.3. The monoisotopic (exact) mass is 382 g/mol. The van der Waals surface area contributed by atoms with E-state index >= 15 is 0 Å². The third-order valence-corrected chi connectivity index (χ3v) is 4.49. The molecule has 4 aromatic rings. The standard InChI is InChI=1S/C23H18N4O2/c28-22(26-15-16-10-13-24-14-11-16)18-6-8-19(9-7-18)23(29)27-20-5-1-3-17-4-2-12-25-21(17)20/h1-14H,15H2,(H,26,28)(H,27,29). The summed E-state index contributed by atoms with van der Waals surface area (Å²) in [5, 5.41) is 6.69. The first-order chi connectivity index (χ1) is 14.2. The van der Waals surface area contributed by atoms with Gasteiger partial charge in [-0.1, -0.05) is 18.2 Å². The Morgan fingerprint density at radius 1 is 0.759 bits per heavy atom. The molecule has 0 fully saturated rings. The van der Waals surface area contributed by atoms with Gasteiger partial charge in [-0.2, -0.15) is 0 Å². The van der Waals surface area contributed by atoms with Crippen LogP contribution >= 0.6 is 0 Å². The van der Waals surface area contributed by atoms with Crippen molar-refractivity contribution in [3.63, 3.8) is 0 Å². The lowest BCUT2D eigenvalue weighted by Crippen LogP contribution is -2.23. The van der Waals surface area contributed by atoms with Crippen molar-refractivity contribution in [2.75, 3.05) is 5.32 Å². The van der Waals surface area contributed by atoms with Gasteiger partial charge in [0, 0.05) is 41.6 Å². The Kier molecular flexibility index (Phi) is 5.25. The van der Waals surface area contributed by atoms with Crippen LogP contribution in [0.15, 0.2) is 85.3 Å². The number of nitrogens with one attached hydrogen (secondary N) is 2. The quantitative estimate of drug-likeness (QED) is 0.550. The minimum Gasteiger partial charge on any atom is -0.348 e. The van der Waals surface area contributed by atoms with Gasteiger partial charge < -0.3 is 10.6 Å². The molecule has 0 bridgehead atoms. The Labute approximate surface area is 167 Å². The third-order valence-electron chi connectivity index (χ3n) is 4.49. The van der Waals surface area contributed by atoms with E-state index in [1.807, 2.05) is 42.5 Å². The van der Waals surface area contributed by atoms with Gasteiger partial charge in [-0.15, -0.1) is 0 Å². The van der Waals surface area contributed by atoms with Crippen LogP contribution < -0.4 is 10.6 Å². The van der Waals surface area contributed by atoms with Crippen molar-refractivity contribution in [2.45, 2.75) is 6.54 Å². The van der Waals surface area contributed by atoms with Crippen LogP contribution in [0.4, 0.5) is 5.69 Å². The molecule has 0 saturated heterocycles. The molecule has 0 spiro atoms. The summed E-state index contributed by atoms with van der Waals surface area (Å²) >= 11 is 0. The van der Waals surface area contributed by atoms with Crippen LogP contribution in [0.3, 0.4) is 0 Å². The summed E-state index contributed by atoms with van der Waals surface area (Å²) < 4.78 is 0. The van der Waals surface area contributed by atoms with Crippen LogP contribution in [0, 0.1) is 0 Å². The van der Waals surface area contributed by atoms with Crippen LogP contribution in [0.1, 0.15) is 26.3 Å². The highest BCUT2D eigenvalue weighted by molar-refractivity contribution is 6.08. The zero-order valence-electron chi connectivity index (χ0n) is 15.5. The molecule has 0 aliphatic carbocycles. The summed E-state index contributed by atoms with van der Waals surface area (Å²) in [6.45, 7) is 0.414. The van der Waals surface area contributed by atoms with E-state index in [1.165, 1.54) is 0 Å². The molecule has 142 valence electrons. The number of hydrogen-bond acceptors (Lipinski definition) is 4. The summed E-state index contributed by atoms with van der Waals surface area (Å²) in [5.74, 6) is -0.459. The van der Waals surface area contributed by atoms with Crippen molar-refractivity contribution in [3.8, 4) is 0 Å². The Balaban J connectivity index is 1.43. The van der Waals surface area contributed by atoms with Crippen LogP contribution in [0.5, 0.6) is 0 Å². The van der Waals surface area contributed by atoms with Crippen LogP contribution in [0.2, 0.25) is 0 Å². The Bertz CT molecular complexity index is 1150. The predicted octanol–water partition coefficient (Wildman–Crippen LogP) is 3.81. The molecule has 6 nitrogen and oxygen atoms in total. The van der Waals surface area contributed by atoms with Gasteiger partial charge in [0.2, 0.25) is 0 Å². The zero-order chi connectivity index (χ0) is 20.1. The first-order valence-corrected chi connectivity index (χ1v) is 9.13. The lowest BCUT2D eigenvalue weighted by Gasteiger charge is -2.09. The Morgan fingerprint density at radius 2 is 1.45 bits per heavy atom. The maximum atomic E-state index is 12.6. The van der Waals surface area contributed by atoms with Gasteiger partial charge in [-0.25, -0.2) is 0 Å². The smallest absolute Gasteiger partial charge is 0.255 e. The van der Waals surface area contributed by atoms with E-state index in [-0.39, 0.29) is 11.8 Å². The maximum absolute atomic E-state index is 12.6. The number of amides is 2. The number of carbonyl (C=O) groups is 2. The highest BCUT2D eigenvalue weighted by Crippen LogP contribution is 2.21. The van der Waals surface area contributed by atoms with Gasteiger partial charge in [0.1, 0.15) is 0 Å². The van der Waals surface area contributed by atoms with Crippen molar-refractivity contribution in [1.29, 1.82) is 0 Å². The van der Waals surface area contributed by atoms with Crippen LogP contribution in [-0.4, -0.2) is 21.8 Å². The van der Waals surface area contributed by atoms with E-state index in [4.69, 9.17) is 0 Å². The molecule has 2 aromatic carbocycles. The fourth-order valence-electron chi connectivity index (χ4n) is 2.96. The van der Waals surface area contributed by atoms with Crippen molar-refractivity contribution in [2.24, 2.45) is 0 Å². The second kappa shape index (κ2) is 8.31. The highest BCUT2D eigenvalue weighted by atomic mass is 16.2. The predicted molar refractivity (Wildman–Crippen MR) is 112 cm³/mol. The molecule has 0 atom stereocenters. The molecule has 0 unspecified atom stereocenters. The van der Waals surface area contributed by atoms with Gasteiger partial charge >= 0.3 is 0 Å². The number of pyridine rings is 2. The molecule has 29 heavy (non-hydrogen) atoms. The Hall–Kier alpha value is -4.06. The summed E-state index contributed by atoms with van der Waals surface area (Å²) in [7, 11) is 0. The van der Waals surface area contributed by atoms with Crippen LogP contribution in [-0.2, 0) is 6.54 Å². The van der Waals surface area contributed by atoms with Gasteiger partial charge in [-0.3, -0.25) is 19.6 Å². The molecule has 4 rings (SSSR count). The van der Waals surface area contributed by atoms with Crippen LogP contribution in [0.25, 0.3) is 10.9 Å². The minimum absolute atomic E-state index is 0.202. The number of benzene rings is 2.